The average Bonchev–Trinajstić information content (AvgIpc) is 2.16. The summed E-state index contributed by atoms with van der Waals surface area (Å²) in [7, 11) is 0. The van der Waals surface area contributed by atoms with Crippen molar-refractivity contribution in [3.05, 3.63) is 29.8 Å². The summed E-state index contributed by atoms with van der Waals surface area (Å²) in [6.45, 7) is 4.27. The molecule has 0 saturated heterocycles. The fraction of sp³-hybridized carbons (Fsp3) is 0.500. The van der Waals surface area contributed by atoms with Gasteiger partial charge in [-0.25, -0.2) is 0 Å². The highest BCUT2D eigenvalue weighted by atomic mass is 16.3. The standard InChI is InChI=1S/C12H17NO/c1-8(2)12-11(14)7-9-5-3-4-6-10(9)13-12/h3-6,8,11-14H,7H2,1-2H3/t11-,12-/m1/s1. The number of benzene rings is 1. The Bertz CT molecular complexity index is 322. The van der Waals surface area contributed by atoms with E-state index in [1.54, 1.807) is 0 Å². The van der Waals surface area contributed by atoms with Crippen LogP contribution in [-0.4, -0.2) is 17.3 Å². The van der Waals surface area contributed by atoms with Gasteiger partial charge in [0.05, 0.1) is 12.1 Å². The minimum Gasteiger partial charge on any atom is -0.391 e. The molecule has 0 fully saturated rings. The van der Waals surface area contributed by atoms with E-state index in [1.807, 2.05) is 12.1 Å². The molecule has 1 heterocycles. The van der Waals surface area contributed by atoms with E-state index in [0.29, 0.717) is 5.92 Å². The van der Waals surface area contributed by atoms with Crippen LogP contribution in [-0.2, 0) is 6.42 Å². The maximum Gasteiger partial charge on any atom is 0.0784 e. The normalized spacial score (nSPS) is 25.7. The van der Waals surface area contributed by atoms with E-state index in [1.165, 1.54) is 11.3 Å². The predicted molar refractivity (Wildman–Crippen MR) is 58.4 cm³/mol. The Morgan fingerprint density at radius 1 is 1.36 bits per heavy atom. The molecular formula is C12H17NO. The third-order valence-corrected chi connectivity index (χ3v) is 2.90. The van der Waals surface area contributed by atoms with Gasteiger partial charge in [0, 0.05) is 12.1 Å². The Morgan fingerprint density at radius 2 is 2.07 bits per heavy atom. The van der Waals surface area contributed by atoms with Crippen molar-refractivity contribution in [1.82, 2.24) is 0 Å². The molecule has 0 unspecified atom stereocenters. The largest absolute Gasteiger partial charge is 0.391 e. The molecule has 0 saturated carbocycles. The Hall–Kier alpha value is -1.02. The summed E-state index contributed by atoms with van der Waals surface area (Å²) in [6.07, 6.45) is 0.511. The fourth-order valence-electron chi connectivity index (χ4n) is 2.08. The second kappa shape index (κ2) is 3.62. The molecule has 1 aromatic carbocycles. The van der Waals surface area contributed by atoms with Gasteiger partial charge in [0.25, 0.3) is 0 Å². The fourth-order valence-corrected chi connectivity index (χ4v) is 2.08. The second-order valence-electron chi connectivity index (χ2n) is 4.34. The van der Waals surface area contributed by atoms with Crippen molar-refractivity contribution in [1.29, 1.82) is 0 Å². The smallest absolute Gasteiger partial charge is 0.0784 e. The summed E-state index contributed by atoms with van der Waals surface area (Å²) >= 11 is 0. The van der Waals surface area contributed by atoms with Crippen LogP contribution in [0.3, 0.4) is 0 Å². The van der Waals surface area contributed by atoms with Gasteiger partial charge >= 0.3 is 0 Å². The topological polar surface area (TPSA) is 32.3 Å². The molecule has 2 N–H and O–H groups in total. The van der Waals surface area contributed by atoms with Crippen LogP contribution in [0.25, 0.3) is 0 Å². The average molecular weight is 191 g/mol. The predicted octanol–water partition coefficient (Wildman–Crippen LogP) is 2.04. The first kappa shape index (κ1) is 9.53. The molecule has 2 nitrogen and oxygen atoms in total. The molecule has 0 aromatic heterocycles. The van der Waals surface area contributed by atoms with E-state index >= 15 is 0 Å². The van der Waals surface area contributed by atoms with Crippen LogP contribution in [0.5, 0.6) is 0 Å². The zero-order valence-corrected chi connectivity index (χ0v) is 8.70. The highest BCUT2D eigenvalue weighted by Gasteiger charge is 2.27. The maximum atomic E-state index is 9.92. The van der Waals surface area contributed by atoms with E-state index in [9.17, 15) is 5.11 Å². The summed E-state index contributed by atoms with van der Waals surface area (Å²) in [4.78, 5) is 0. The maximum absolute atomic E-state index is 9.92. The molecule has 0 bridgehead atoms. The minimum absolute atomic E-state index is 0.185. The zero-order chi connectivity index (χ0) is 10.1. The monoisotopic (exact) mass is 191 g/mol. The second-order valence-corrected chi connectivity index (χ2v) is 4.34. The molecule has 76 valence electrons. The highest BCUT2D eigenvalue weighted by Crippen LogP contribution is 2.27. The first-order valence-corrected chi connectivity index (χ1v) is 5.21. The zero-order valence-electron chi connectivity index (χ0n) is 8.70. The Labute approximate surface area is 85.0 Å². The molecule has 0 aliphatic carbocycles. The van der Waals surface area contributed by atoms with Gasteiger partial charge < -0.3 is 10.4 Å². The lowest BCUT2D eigenvalue weighted by atomic mass is 9.89. The summed E-state index contributed by atoms with van der Waals surface area (Å²) in [5.41, 5.74) is 2.40. The Kier molecular flexibility index (Phi) is 2.46. The number of nitrogens with one attached hydrogen (secondary N) is 1. The third kappa shape index (κ3) is 1.62. The molecule has 2 atom stereocenters. The molecule has 2 heteroatoms. The van der Waals surface area contributed by atoms with E-state index in [4.69, 9.17) is 0 Å². The molecule has 14 heavy (non-hydrogen) atoms. The summed E-state index contributed by atoms with van der Waals surface area (Å²) < 4.78 is 0. The molecule has 0 radical (unpaired) electrons. The van der Waals surface area contributed by atoms with E-state index in [2.05, 4.69) is 31.3 Å². The number of para-hydroxylation sites is 1. The van der Waals surface area contributed by atoms with Gasteiger partial charge in [0.2, 0.25) is 0 Å². The SMILES string of the molecule is CC(C)[C@H]1Nc2ccccc2C[C@H]1O. The van der Waals surface area contributed by atoms with Gasteiger partial charge in [-0.05, 0) is 17.5 Å². The number of rotatable bonds is 1. The minimum atomic E-state index is -0.259. The van der Waals surface area contributed by atoms with Gasteiger partial charge in [-0.2, -0.15) is 0 Å². The van der Waals surface area contributed by atoms with Gasteiger partial charge in [-0.3, -0.25) is 0 Å². The summed E-state index contributed by atoms with van der Waals surface area (Å²) in [6, 6.07) is 8.38. The Morgan fingerprint density at radius 3 is 2.79 bits per heavy atom. The van der Waals surface area contributed by atoms with Crippen molar-refractivity contribution >= 4 is 5.69 Å². The van der Waals surface area contributed by atoms with Gasteiger partial charge in [0.15, 0.2) is 0 Å². The Balaban J connectivity index is 2.27. The van der Waals surface area contributed by atoms with Gasteiger partial charge in [-0.1, -0.05) is 32.0 Å². The van der Waals surface area contributed by atoms with Crippen LogP contribution in [0.4, 0.5) is 5.69 Å². The van der Waals surface area contributed by atoms with Gasteiger partial charge in [0.1, 0.15) is 0 Å². The highest BCUT2D eigenvalue weighted by molar-refractivity contribution is 5.54. The van der Waals surface area contributed by atoms with Crippen LogP contribution >= 0.6 is 0 Å². The molecular weight excluding hydrogens is 174 g/mol. The molecule has 0 amide bonds. The molecule has 0 spiro atoms. The first-order valence-electron chi connectivity index (χ1n) is 5.21. The molecule has 2 rings (SSSR count). The van der Waals surface area contributed by atoms with E-state index < -0.39 is 0 Å². The number of anilines is 1. The lowest BCUT2D eigenvalue weighted by Crippen LogP contribution is -2.42. The number of fused-ring (bicyclic) bond motifs is 1. The van der Waals surface area contributed by atoms with Crippen LogP contribution < -0.4 is 5.32 Å². The van der Waals surface area contributed by atoms with Crippen LogP contribution in [0.2, 0.25) is 0 Å². The van der Waals surface area contributed by atoms with Crippen LogP contribution in [0.15, 0.2) is 24.3 Å². The first-order chi connectivity index (χ1) is 6.68. The number of hydrogen-bond acceptors (Lipinski definition) is 2. The lowest BCUT2D eigenvalue weighted by Gasteiger charge is -2.34. The van der Waals surface area contributed by atoms with Crippen molar-refractivity contribution < 1.29 is 5.11 Å². The van der Waals surface area contributed by atoms with Crippen molar-refractivity contribution in [2.75, 3.05) is 5.32 Å². The lowest BCUT2D eigenvalue weighted by molar-refractivity contribution is 0.129. The van der Waals surface area contributed by atoms with Crippen LogP contribution in [0, 0.1) is 5.92 Å². The quantitative estimate of drug-likeness (QED) is 0.712. The molecule has 1 aromatic rings. The van der Waals surface area contributed by atoms with Crippen molar-refractivity contribution in [2.45, 2.75) is 32.4 Å². The van der Waals surface area contributed by atoms with E-state index in [-0.39, 0.29) is 12.1 Å². The van der Waals surface area contributed by atoms with Crippen molar-refractivity contribution in [3.63, 3.8) is 0 Å². The number of aliphatic hydroxyl groups is 1. The number of hydrogen-bond donors (Lipinski definition) is 2. The van der Waals surface area contributed by atoms with Crippen LogP contribution in [0.1, 0.15) is 19.4 Å². The van der Waals surface area contributed by atoms with Crippen molar-refractivity contribution in [3.8, 4) is 0 Å². The number of aliphatic hydroxyl groups excluding tert-OH is 1. The molecule has 1 aliphatic heterocycles. The third-order valence-electron chi connectivity index (χ3n) is 2.90. The van der Waals surface area contributed by atoms with Gasteiger partial charge in [-0.15, -0.1) is 0 Å². The van der Waals surface area contributed by atoms with E-state index in [0.717, 1.165) is 6.42 Å². The summed E-state index contributed by atoms with van der Waals surface area (Å²) in [5.74, 6) is 0.457. The van der Waals surface area contributed by atoms with Crippen molar-refractivity contribution in [2.24, 2.45) is 5.92 Å². The summed E-state index contributed by atoms with van der Waals surface area (Å²) in [5, 5.41) is 13.3. The molecule has 1 aliphatic rings.